The molecule has 0 radical (unpaired) electrons. The topological polar surface area (TPSA) is 24.5 Å². The van der Waals surface area contributed by atoms with Gasteiger partial charge in [0.25, 0.3) is 0 Å². The van der Waals surface area contributed by atoms with Gasteiger partial charge in [-0.1, -0.05) is 13.8 Å². The summed E-state index contributed by atoms with van der Waals surface area (Å²) in [6.45, 7) is 9.53. The lowest BCUT2D eigenvalue weighted by Crippen LogP contribution is -2.36. The molecule has 0 saturated carbocycles. The van der Waals surface area contributed by atoms with Crippen molar-refractivity contribution in [2.45, 2.75) is 38.8 Å². The molecule has 2 rings (SSSR count). The number of rotatable bonds is 4. The van der Waals surface area contributed by atoms with E-state index in [4.69, 9.17) is 4.74 Å². The van der Waals surface area contributed by atoms with E-state index in [0.29, 0.717) is 12.1 Å². The lowest BCUT2D eigenvalue weighted by molar-refractivity contribution is 0.116. The van der Waals surface area contributed by atoms with Gasteiger partial charge in [0.2, 0.25) is 0 Å². The predicted molar refractivity (Wildman–Crippen MR) is 66.6 cm³/mol. The first-order valence-corrected chi connectivity index (χ1v) is 6.67. The van der Waals surface area contributed by atoms with Crippen LogP contribution in [0.5, 0.6) is 0 Å². The summed E-state index contributed by atoms with van der Waals surface area (Å²) in [5.74, 6) is 1.76. The molecule has 3 nitrogen and oxygen atoms in total. The van der Waals surface area contributed by atoms with Crippen LogP contribution < -0.4 is 5.32 Å². The van der Waals surface area contributed by atoms with E-state index in [-0.39, 0.29) is 0 Å². The summed E-state index contributed by atoms with van der Waals surface area (Å²) in [7, 11) is 1.82. The predicted octanol–water partition coefficient (Wildman–Crippen LogP) is 1.34. The summed E-state index contributed by atoms with van der Waals surface area (Å²) in [5, 5.41) is 3.56. The standard InChI is InChI=1S/C13H26N2O/c1-10(2)11-4-5-15(8-11)9-12-6-13(16-3)7-14-12/h10-14H,4-9H2,1-3H3. The third-order valence-corrected chi connectivity index (χ3v) is 4.25. The van der Waals surface area contributed by atoms with Crippen LogP contribution in [-0.2, 0) is 4.74 Å². The van der Waals surface area contributed by atoms with Crippen molar-refractivity contribution in [1.29, 1.82) is 0 Å². The molecule has 2 aliphatic heterocycles. The van der Waals surface area contributed by atoms with Gasteiger partial charge in [0.15, 0.2) is 0 Å². The molecule has 3 heteroatoms. The van der Waals surface area contributed by atoms with Crippen molar-refractivity contribution in [3.05, 3.63) is 0 Å². The molecule has 0 spiro atoms. The van der Waals surface area contributed by atoms with Gasteiger partial charge in [-0.25, -0.2) is 0 Å². The Bertz CT molecular complexity index is 220. The molecule has 3 unspecified atom stereocenters. The van der Waals surface area contributed by atoms with E-state index >= 15 is 0 Å². The normalized spacial score (nSPS) is 36.4. The van der Waals surface area contributed by atoms with Crippen LogP contribution in [0.1, 0.15) is 26.7 Å². The maximum absolute atomic E-state index is 5.38. The summed E-state index contributed by atoms with van der Waals surface area (Å²) in [6.07, 6.45) is 3.01. The van der Waals surface area contributed by atoms with Crippen LogP contribution in [0.2, 0.25) is 0 Å². The Morgan fingerprint density at radius 2 is 2.25 bits per heavy atom. The van der Waals surface area contributed by atoms with E-state index in [0.717, 1.165) is 18.4 Å². The Morgan fingerprint density at radius 3 is 2.81 bits per heavy atom. The largest absolute Gasteiger partial charge is 0.380 e. The molecule has 0 aromatic heterocycles. The minimum Gasteiger partial charge on any atom is -0.380 e. The molecular weight excluding hydrogens is 200 g/mol. The van der Waals surface area contributed by atoms with Crippen molar-refractivity contribution in [2.75, 3.05) is 33.3 Å². The van der Waals surface area contributed by atoms with Crippen LogP contribution in [0.3, 0.4) is 0 Å². The lowest BCUT2D eigenvalue weighted by atomic mass is 9.95. The number of nitrogens with one attached hydrogen (secondary N) is 1. The molecule has 0 aromatic rings. The van der Waals surface area contributed by atoms with Crippen LogP contribution in [0.25, 0.3) is 0 Å². The maximum Gasteiger partial charge on any atom is 0.0711 e. The molecule has 0 bridgehead atoms. The molecule has 0 amide bonds. The highest BCUT2D eigenvalue weighted by Gasteiger charge is 2.29. The van der Waals surface area contributed by atoms with Crippen LogP contribution in [0.4, 0.5) is 0 Å². The molecule has 0 aromatic carbocycles. The number of methoxy groups -OCH3 is 1. The van der Waals surface area contributed by atoms with E-state index in [1.807, 2.05) is 7.11 Å². The number of likely N-dealkylation sites (tertiary alicyclic amines) is 1. The Kier molecular flexibility index (Phi) is 4.22. The van der Waals surface area contributed by atoms with E-state index in [1.165, 1.54) is 32.5 Å². The van der Waals surface area contributed by atoms with Gasteiger partial charge < -0.3 is 15.0 Å². The fourth-order valence-corrected chi connectivity index (χ4v) is 2.99. The molecule has 16 heavy (non-hydrogen) atoms. The highest BCUT2D eigenvalue weighted by molar-refractivity contribution is 4.87. The van der Waals surface area contributed by atoms with E-state index in [2.05, 4.69) is 24.1 Å². The van der Waals surface area contributed by atoms with Gasteiger partial charge in [-0.15, -0.1) is 0 Å². The third kappa shape index (κ3) is 2.96. The molecule has 0 aliphatic carbocycles. The fourth-order valence-electron chi connectivity index (χ4n) is 2.99. The van der Waals surface area contributed by atoms with Gasteiger partial charge in [-0.3, -0.25) is 0 Å². The van der Waals surface area contributed by atoms with Crippen molar-refractivity contribution in [3.63, 3.8) is 0 Å². The smallest absolute Gasteiger partial charge is 0.0711 e. The Labute approximate surface area is 99.5 Å². The summed E-state index contributed by atoms with van der Waals surface area (Å²) < 4.78 is 5.38. The minimum absolute atomic E-state index is 0.438. The summed E-state index contributed by atoms with van der Waals surface area (Å²) in [6, 6.07) is 0.649. The Hall–Kier alpha value is -0.120. The SMILES string of the molecule is COC1CNC(CN2CCC(C(C)C)C2)C1. The highest BCUT2D eigenvalue weighted by atomic mass is 16.5. The van der Waals surface area contributed by atoms with E-state index in [1.54, 1.807) is 0 Å². The zero-order chi connectivity index (χ0) is 11.5. The summed E-state index contributed by atoms with van der Waals surface area (Å²) >= 11 is 0. The lowest BCUT2D eigenvalue weighted by Gasteiger charge is -2.21. The minimum atomic E-state index is 0.438. The van der Waals surface area contributed by atoms with Crippen LogP contribution in [0, 0.1) is 11.8 Å². The highest BCUT2D eigenvalue weighted by Crippen LogP contribution is 2.24. The van der Waals surface area contributed by atoms with Gasteiger partial charge in [-0.05, 0) is 31.2 Å². The third-order valence-electron chi connectivity index (χ3n) is 4.25. The molecule has 2 heterocycles. The first-order chi connectivity index (χ1) is 7.69. The van der Waals surface area contributed by atoms with Crippen molar-refractivity contribution >= 4 is 0 Å². The average Bonchev–Trinajstić information content (AvgIpc) is 2.87. The molecule has 1 N–H and O–H groups in total. The van der Waals surface area contributed by atoms with Gasteiger partial charge in [-0.2, -0.15) is 0 Å². The first kappa shape index (κ1) is 12.3. The first-order valence-electron chi connectivity index (χ1n) is 6.67. The van der Waals surface area contributed by atoms with Gasteiger partial charge in [0.1, 0.15) is 0 Å². The zero-order valence-corrected chi connectivity index (χ0v) is 10.9. The molecule has 2 saturated heterocycles. The van der Waals surface area contributed by atoms with Crippen LogP contribution in [-0.4, -0.2) is 50.3 Å². The Balaban J connectivity index is 1.71. The van der Waals surface area contributed by atoms with E-state index < -0.39 is 0 Å². The summed E-state index contributed by atoms with van der Waals surface area (Å²) in [4.78, 5) is 2.63. The number of hydrogen-bond donors (Lipinski definition) is 1. The second-order valence-electron chi connectivity index (χ2n) is 5.75. The van der Waals surface area contributed by atoms with Crippen LogP contribution >= 0.6 is 0 Å². The van der Waals surface area contributed by atoms with Crippen molar-refractivity contribution in [1.82, 2.24) is 10.2 Å². The zero-order valence-electron chi connectivity index (χ0n) is 10.9. The fraction of sp³-hybridized carbons (Fsp3) is 1.00. The quantitative estimate of drug-likeness (QED) is 0.783. The van der Waals surface area contributed by atoms with Crippen molar-refractivity contribution < 1.29 is 4.74 Å². The van der Waals surface area contributed by atoms with Gasteiger partial charge in [0.05, 0.1) is 6.10 Å². The summed E-state index contributed by atoms with van der Waals surface area (Å²) in [5.41, 5.74) is 0. The van der Waals surface area contributed by atoms with Crippen molar-refractivity contribution in [3.8, 4) is 0 Å². The van der Waals surface area contributed by atoms with Crippen LogP contribution in [0.15, 0.2) is 0 Å². The molecule has 94 valence electrons. The van der Waals surface area contributed by atoms with Gasteiger partial charge in [0, 0.05) is 32.8 Å². The average molecular weight is 226 g/mol. The maximum atomic E-state index is 5.38. The second kappa shape index (κ2) is 5.48. The molecular formula is C13H26N2O. The Morgan fingerprint density at radius 1 is 1.44 bits per heavy atom. The molecule has 3 atom stereocenters. The van der Waals surface area contributed by atoms with Crippen molar-refractivity contribution in [2.24, 2.45) is 11.8 Å². The number of nitrogens with zero attached hydrogens (tertiary/aromatic N) is 1. The van der Waals surface area contributed by atoms with E-state index in [9.17, 15) is 0 Å². The van der Waals surface area contributed by atoms with Gasteiger partial charge >= 0.3 is 0 Å². The molecule has 2 aliphatic rings. The second-order valence-corrected chi connectivity index (χ2v) is 5.75. The monoisotopic (exact) mass is 226 g/mol. The number of ether oxygens (including phenoxy) is 1. The number of hydrogen-bond acceptors (Lipinski definition) is 3. The molecule has 2 fully saturated rings.